The van der Waals surface area contributed by atoms with Gasteiger partial charge in [-0.1, -0.05) is 45.2 Å². The molecule has 7 nitrogen and oxygen atoms in total. The quantitative estimate of drug-likeness (QED) is 0.752. The van der Waals surface area contributed by atoms with Crippen LogP contribution < -0.4 is 10.7 Å². The Kier molecular flexibility index (Phi) is 5.79. The molecular weight excluding hydrogens is 344 g/mol. The number of nitrogens with zero attached hydrogens (tertiary/aromatic N) is 2. The molecule has 1 heterocycles. The van der Waals surface area contributed by atoms with Crippen molar-refractivity contribution in [3.8, 4) is 0 Å². The summed E-state index contributed by atoms with van der Waals surface area (Å²) in [6.07, 6.45) is 4.13. The summed E-state index contributed by atoms with van der Waals surface area (Å²) >= 11 is 0. The van der Waals surface area contributed by atoms with Crippen LogP contribution in [-0.4, -0.2) is 46.4 Å². The van der Waals surface area contributed by atoms with Crippen molar-refractivity contribution in [3.63, 3.8) is 0 Å². The number of imide groups is 1. The molecule has 1 saturated carbocycles. The van der Waals surface area contributed by atoms with Crippen LogP contribution in [0.1, 0.15) is 61.9 Å². The van der Waals surface area contributed by atoms with E-state index in [4.69, 9.17) is 0 Å². The lowest BCUT2D eigenvalue weighted by atomic mass is 9.82. The van der Waals surface area contributed by atoms with E-state index < -0.39 is 17.5 Å². The fraction of sp³-hybridized carbons (Fsp3) is 0.550. The molecule has 0 aromatic heterocycles. The molecule has 4 amide bonds. The van der Waals surface area contributed by atoms with E-state index in [1.807, 2.05) is 12.1 Å². The molecule has 0 unspecified atom stereocenters. The van der Waals surface area contributed by atoms with Gasteiger partial charge in [0.15, 0.2) is 0 Å². The van der Waals surface area contributed by atoms with Crippen LogP contribution in [0, 0.1) is 0 Å². The van der Waals surface area contributed by atoms with Crippen molar-refractivity contribution in [2.24, 2.45) is 0 Å². The second kappa shape index (κ2) is 8.08. The lowest BCUT2D eigenvalue weighted by Crippen LogP contribution is -2.50. The minimum absolute atomic E-state index is 0.348. The standard InChI is InChI=1S/C20H28N4O3/c1-3-23(4-2)14-15-8-10-16(11-9-15)17(25)22-24-18(26)20(21-19(24)27)12-6-5-7-13-20/h8-11H,3-7,12-14H2,1-2H3,(H,21,27)(H,22,25). The SMILES string of the molecule is CCN(CC)Cc1ccc(C(=O)NN2C(=O)NC3(CCCCC3)C2=O)cc1. The van der Waals surface area contributed by atoms with Crippen molar-refractivity contribution in [2.75, 3.05) is 13.1 Å². The topological polar surface area (TPSA) is 81.8 Å². The third kappa shape index (κ3) is 3.98. The third-order valence-corrected chi connectivity index (χ3v) is 5.60. The molecule has 1 saturated heterocycles. The molecule has 1 aliphatic carbocycles. The highest BCUT2D eigenvalue weighted by Gasteiger charge is 2.52. The van der Waals surface area contributed by atoms with Crippen LogP contribution in [0.4, 0.5) is 4.79 Å². The summed E-state index contributed by atoms with van der Waals surface area (Å²) in [5.41, 5.74) is 3.17. The van der Waals surface area contributed by atoms with Crippen molar-refractivity contribution in [1.82, 2.24) is 20.7 Å². The van der Waals surface area contributed by atoms with Gasteiger partial charge in [0.1, 0.15) is 5.54 Å². The average Bonchev–Trinajstić information content (AvgIpc) is 2.91. The number of carbonyl (C=O) groups excluding carboxylic acids is 3. The summed E-state index contributed by atoms with van der Waals surface area (Å²) in [4.78, 5) is 39.8. The van der Waals surface area contributed by atoms with Gasteiger partial charge in [0.2, 0.25) is 0 Å². The van der Waals surface area contributed by atoms with E-state index in [1.54, 1.807) is 12.1 Å². The van der Waals surface area contributed by atoms with Gasteiger partial charge < -0.3 is 5.32 Å². The summed E-state index contributed by atoms with van der Waals surface area (Å²) in [5.74, 6) is -0.806. The van der Waals surface area contributed by atoms with E-state index in [1.165, 1.54) is 0 Å². The van der Waals surface area contributed by atoms with Gasteiger partial charge >= 0.3 is 6.03 Å². The van der Waals surface area contributed by atoms with Crippen LogP contribution >= 0.6 is 0 Å². The molecule has 1 spiro atoms. The van der Waals surface area contributed by atoms with Crippen molar-refractivity contribution >= 4 is 17.8 Å². The van der Waals surface area contributed by atoms with Crippen LogP contribution in [0.5, 0.6) is 0 Å². The van der Waals surface area contributed by atoms with Crippen molar-refractivity contribution in [1.29, 1.82) is 0 Å². The van der Waals surface area contributed by atoms with Gasteiger partial charge in [0.05, 0.1) is 0 Å². The number of hydrazine groups is 1. The number of hydrogen-bond donors (Lipinski definition) is 2. The highest BCUT2D eigenvalue weighted by Crippen LogP contribution is 2.33. The molecule has 2 fully saturated rings. The van der Waals surface area contributed by atoms with Gasteiger partial charge in [-0.15, -0.1) is 0 Å². The lowest BCUT2D eigenvalue weighted by Gasteiger charge is -2.30. The molecule has 0 atom stereocenters. The van der Waals surface area contributed by atoms with Gasteiger partial charge in [0.25, 0.3) is 11.8 Å². The molecule has 27 heavy (non-hydrogen) atoms. The van der Waals surface area contributed by atoms with Gasteiger partial charge in [-0.05, 0) is 43.6 Å². The summed E-state index contributed by atoms with van der Waals surface area (Å²) in [6, 6.07) is 6.71. The van der Waals surface area contributed by atoms with E-state index in [0.29, 0.717) is 18.4 Å². The molecule has 3 rings (SSSR count). The third-order valence-electron chi connectivity index (χ3n) is 5.60. The number of benzene rings is 1. The summed E-state index contributed by atoms with van der Waals surface area (Å²) in [6.45, 7) is 6.98. The molecule has 2 aliphatic rings. The first-order chi connectivity index (χ1) is 13.0. The second-order valence-corrected chi connectivity index (χ2v) is 7.31. The number of carbonyl (C=O) groups is 3. The molecule has 1 aromatic rings. The number of rotatable bonds is 6. The Balaban J connectivity index is 1.65. The first-order valence-electron chi connectivity index (χ1n) is 9.78. The van der Waals surface area contributed by atoms with Crippen molar-refractivity contribution in [3.05, 3.63) is 35.4 Å². The van der Waals surface area contributed by atoms with E-state index in [2.05, 4.69) is 29.5 Å². The van der Waals surface area contributed by atoms with E-state index >= 15 is 0 Å². The molecular formula is C20H28N4O3. The van der Waals surface area contributed by atoms with Gasteiger partial charge in [-0.25, -0.2) is 4.79 Å². The van der Waals surface area contributed by atoms with Crippen LogP contribution in [0.2, 0.25) is 0 Å². The minimum atomic E-state index is -0.837. The monoisotopic (exact) mass is 372 g/mol. The molecule has 0 radical (unpaired) electrons. The molecule has 146 valence electrons. The number of amides is 4. The number of hydrogen-bond acceptors (Lipinski definition) is 4. The summed E-state index contributed by atoms with van der Waals surface area (Å²) < 4.78 is 0. The zero-order valence-electron chi connectivity index (χ0n) is 16.1. The summed E-state index contributed by atoms with van der Waals surface area (Å²) in [5, 5.41) is 3.63. The molecule has 2 N–H and O–H groups in total. The normalized spacial score (nSPS) is 18.9. The smallest absolute Gasteiger partial charge is 0.322 e. The van der Waals surface area contributed by atoms with Crippen molar-refractivity contribution in [2.45, 2.75) is 58.0 Å². The largest absolute Gasteiger partial charge is 0.344 e. The van der Waals surface area contributed by atoms with Crippen LogP contribution in [-0.2, 0) is 11.3 Å². The maximum Gasteiger partial charge on any atom is 0.344 e. The maximum absolute atomic E-state index is 12.7. The Morgan fingerprint density at radius 1 is 1.11 bits per heavy atom. The predicted octanol–water partition coefficient (Wildman–Crippen LogP) is 2.43. The Labute approximate surface area is 160 Å². The number of urea groups is 1. The maximum atomic E-state index is 12.7. The van der Waals surface area contributed by atoms with Gasteiger partial charge in [0, 0.05) is 12.1 Å². The average molecular weight is 372 g/mol. The Bertz CT molecular complexity index is 706. The fourth-order valence-corrected chi connectivity index (χ4v) is 3.85. The fourth-order valence-electron chi connectivity index (χ4n) is 3.85. The first kappa shape index (κ1) is 19.4. The predicted molar refractivity (Wildman–Crippen MR) is 102 cm³/mol. The van der Waals surface area contributed by atoms with Gasteiger partial charge in [-0.3, -0.25) is 19.9 Å². The van der Waals surface area contributed by atoms with Crippen LogP contribution in [0.25, 0.3) is 0 Å². The zero-order valence-corrected chi connectivity index (χ0v) is 16.1. The van der Waals surface area contributed by atoms with Crippen LogP contribution in [0.3, 0.4) is 0 Å². The Hall–Kier alpha value is -2.41. The minimum Gasteiger partial charge on any atom is -0.322 e. The zero-order chi connectivity index (χ0) is 19.4. The van der Waals surface area contributed by atoms with Crippen LogP contribution in [0.15, 0.2) is 24.3 Å². The van der Waals surface area contributed by atoms with E-state index in [0.717, 1.165) is 49.5 Å². The molecule has 1 aromatic carbocycles. The molecule has 0 bridgehead atoms. The second-order valence-electron chi connectivity index (χ2n) is 7.31. The Morgan fingerprint density at radius 2 is 1.74 bits per heavy atom. The highest BCUT2D eigenvalue weighted by atomic mass is 16.2. The van der Waals surface area contributed by atoms with E-state index in [9.17, 15) is 14.4 Å². The highest BCUT2D eigenvalue weighted by molar-refractivity contribution is 6.09. The Morgan fingerprint density at radius 3 is 2.33 bits per heavy atom. The number of nitrogens with one attached hydrogen (secondary N) is 2. The van der Waals surface area contributed by atoms with E-state index in [-0.39, 0.29) is 5.91 Å². The molecule has 7 heteroatoms. The first-order valence-corrected chi connectivity index (χ1v) is 9.78. The molecule has 1 aliphatic heterocycles. The lowest BCUT2D eigenvalue weighted by molar-refractivity contribution is -0.134. The summed E-state index contributed by atoms with van der Waals surface area (Å²) in [7, 11) is 0. The van der Waals surface area contributed by atoms with Gasteiger partial charge in [-0.2, -0.15) is 5.01 Å². The van der Waals surface area contributed by atoms with Crippen molar-refractivity contribution < 1.29 is 14.4 Å².